The van der Waals surface area contributed by atoms with Crippen LogP contribution in [-0.4, -0.2) is 34.1 Å². The minimum atomic E-state index is -1.03. The van der Waals surface area contributed by atoms with Crippen molar-refractivity contribution in [3.8, 4) is 0 Å². The maximum atomic E-state index is 12.2. The summed E-state index contributed by atoms with van der Waals surface area (Å²) in [5, 5.41) is 5.12. The van der Waals surface area contributed by atoms with Gasteiger partial charge in [-0.05, 0) is 31.2 Å². The number of amides is 2. The molecule has 9 heteroatoms. The molecule has 7 nitrogen and oxygen atoms in total. The highest BCUT2D eigenvalue weighted by molar-refractivity contribution is 8.01. The van der Waals surface area contributed by atoms with Crippen LogP contribution in [0.15, 0.2) is 47.5 Å². The van der Waals surface area contributed by atoms with Crippen LogP contribution in [-0.2, 0) is 19.1 Å². The van der Waals surface area contributed by atoms with E-state index in [1.165, 1.54) is 30.9 Å². The molecular weight excluding hydrogens is 390 g/mol. The summed E-state index contributed by atoms with van der Waals surface area (Å²) in [6, 6.07) is 10.5. The SMILES string of the molecule is C[C@H](OC(=O)C[C@H]1Sc2ccccc2NC1=O)C(=O)Nc1ccc(Cl)cn1. The molecule has 2 heterocycles. The number of benzene rings is 1. The number of nitrogens with one attached hydrogen (secondary N) is 2. The molecule has 0 bridgehead atoms. The summed E-state index contributed by atoms with van der Waals surface area (Å²) >= 11 is 7.03. The van der Waals surface area contributed by atoms with E-state index in [2.05, 4.69) is 15.6 Å². The topological polar surface area (TPSA) is 97.4 Å². The Kier molecular flexibility index (Phi) is 5.98. The van der Waals surface area contributed by atoms with Crippen LogP contribution in [0.5, 0.6) is 0 Å². The molecular formula is C18H16ClN3O4S. The van der Waals surface area contributed by atoms with E-state index in [1.54, 1.807) is 12.1 Å². The molecule has 1 aliphatic rings. The monoisotopic (exact) mass is 405 g/mol. The number of nitrogens with zero attached hydrogens (tertiary/aromatic N) is 1. The smallest absolute Gasteiger partial charge is 0.308 e. The van der Waals surface area contributed by atoms with Crippen LogP contribution >= 0.6 is 23.4 Å². The van der Waals surface area contributed by atoms with Crippen LogP contribution < -0.4 is 10.6 Å². The van der Waals surface area contributed by atoms with Crippen LogP contribution in [0.25, 0.3) is 0 Å². The van der Waals surface area contributed by atoms with Gasteiger partial charge in [0.05, 0.1) is 22.4 Å². The molecule has 1 aromatic heterocycles. The molecule has 2 atom stereocenters. The van der Waals surface area contributed by atoms with Crippen molar-refractivity contribution < 1.29 is 19.1 Å². The Morgan fingerprint density at radius 1 is 1.33 bits per heavy atom. The summed E-state index contributed by atoms with van der Waals surface area (Å²) in [6.07, 6.45) is 0.227. The lowest BCUT2D eigenvalue weighted by Crippen LogP contribution is -2.34. The number of pyridine rings is 1. The van der Waals surface area contributed by atoms with E-state index in [-0.39, 0.29) is 12.3 Å². The third-order valence-corrected chi connectivity index (χ3v) is 5.21. The van der Waals surface area contributed by atoms with Crippen LogP contribution in [0.4, 0.5) is 11.5 Å². The molecule has 1 aliphatic heterocycles. The molecule has 0 aliphatic carbocycles. The highest BCUT2D eigenvalue weighted by Crippen LogP contribution is 2.36. The lowest BCUT2D eigenvalue weighted by atomic mass is 10.2. The van der Waals surface area contributed by atoms with Gasteiger partial charge in [-0.3, -0.25) is 14.4 Å². The first-order valence-corrected chi connectivity index (χ1v) is 9.36. The predicted octanol–water partition coefficient (Wildman–Crippen LogP) is 3.11. The molecule has 0 spiro atoms. The van der Waals surface area contributed by atoms with Crippen molar-refractivity contribution in [2.45, 2.75) is 29.6 Å². The van der Waals surface area contributed by atoms with E-state index in [9.17, 15) is 14.4 Å². The molecule has 0 unspecified atom stereocenters. The second-order valence-corrected chi connectivity index (χ2v) is 7.46. The number of carbonyl (C=O) groups excluding carboxylic acids is 3. The van der Waals surface area contributed by atoms with Crippen molar-refractivity contribution in [2.24, 2.45) is 0 Å². The van der Waals surface area contributed by atoms with Crippen LogP contribution in [0.2, 0.25) is 5.02 Å². The number of para-hydroxylation sites is 1. The quantitative estimate of drug-likeness (QED) is 0.742. The van der Waals surface area contributed by atoms with Gasteiger partial charge in [-0.25, -0.2) is 4.98 Å². The Bertz CT molecular complexity index is 875. The average Bonchev–Trinajstić information content (AvgIpc) is 2.64. The number of ether oxygens (including phenoxy) is 1. The number of rotatable bonds is 5. The Morgan fingerprint density at radius 3 is 2.85 bits per heavy atom. The molecule has 2 aromatic rings. The predicted molar refractivity (Wildman–Crippen MR) is 103 cm³/mol. The minimum Gasteiger partial charge on any atom is -0.452 e. The number of carbonyl (C=O) groups is 3. The lowest BCUT2D eigenvalue weighted by Gasteiger charge is -2.23. The average molecular weight is 406 g/mol. The van der Waals surface area contributed by atoms with E-state index in [0.717, 1.165) is 10.6 Å². The fraction of sp³-hybridized carbons (Fsp3) is 0.222. The zero-order valence-electron chi connectivity index (χ0n) is 14.3. The third-order valence-electron chi connectivity index (χ3n) is 3.71. The number of anilines is 2. The van der Waals surface area contributed by atoms with Crippen molar-refractivity contribution in [1.29, 1.82) is 0 Å². The summed E-state index contributed by atoms with van der Waals surface area (Å²) in [5.41, 5.74) is 0.723. The van der Waals surface area contributed by atoms with Gasteiger partial charge in [-0.1, -0.05) is 23.7 Å². The second-order valence-electron chi connectivity index (χ2n) is 5.78. The largest absolute Gasteiger partial charge is 0.452 e. The zero-order valence-corrected chi connectivity index (χ0v) is 15.8. The van der Waals surface area contributed by atoms with Gasteiger partial charge in [0.25, 0.3) is 5.91 Å². The summed E-state index contributed by atoms with van der Waals surface area (Å²) < 4.78 is 5.15. The molecule has 0 saturated carbocycles. The normalized spacial score (nSPS) is 16.7. The number of fused-ring (bicyclic) bond motifs is 1. The van der Waals surface area contributed by atoms with E-state index >= 15 is 0 Å². The van der Waals surface area contributed by atoms with Crippen molar-refractivity contribution in [3.63, 3.8) is 0 Å². The number of thioether (sulfide) groups is 1. The molecule has 2 amide bonds. The van der Waals surface area contributed by atoms with E-state index < -0.39 is 23.2 Å². The highest BCUT2D eigenvalue weighted by Gasteiger charge is 2.30. The molecule has 140 valence electrons. The van der Waals surface area contributed by atoms with Crippen LogP contribution in [0.1, 0.15) is 13.3 Å². The Hall–Kier alpha value is -2.58. The van der Waals surface area contributed by atoms with Gasteiger partial charge < -0.3 is 15.4 Å². The van der Waals surface area contributed by atoms with Gasteiger partial charge in [0.15, 0.2) is 6.10 Å². The maximum absolute atomic E-state index is 12.2. The second kappa shape index (κ2) is 8.41. The number of halogens is 1. The summed E-state index contributed by atoms with van der Waals surface area (Å²) in [5.74, 6) is -1.12. The van der Waals surface area contributed by atoms with Gasteiger partial charge in [-0.2, -0.15) is 0 Å². The van der Waals surface area contributed by atoms with Crippen LogP contribution in [0.3, 0.4) is 0 Å². The van der Waals surface area contributed by atoms with Crippen molar-refractivity contribution in [2.75, 3.05) is 10.6 Å². The summed E-state index contributed by atoms with van der Waals surface area (Å²) in [7, 11) is 0. The first-order valence-electron chi connectivity index (χ1n) is 8.11. The molecule has 3 rings (SSSR count). The molecule has 1 aromatic carbocycles. The standard InChI is InChI=1S/C18H16ClN3O4S/c1-10(17(24)22-15-7-6-11(19)9-20-15)26-16(23)8-14-18(25)21-12-4-2-3-5-13(12)27-14/h2-7,9-10,14H,8H2,1H3,(H,21,25)(H,20,22,24)/t10-,14+/m0/s1. The Morgan fingerprint density at radius 2 is 2.11 bits per heavy atom. The van der Waals surface area contributed by atoms with E-state index in [1.807, 2.05) is 18.2 Å². The van der Waals surface area contributed by atoms with Gasteiger partial charge >= 0.3 is 5.97 Å². The fourth-order valence-electron chi connectivity index (χ4n) is 2.35. The van der Waals surface area contributed by atoms with Crippen molar-refractivity contribution >= 4 is 52.7 Å². The molecule has 0 fully saturated rings. The molecule has 2 N–H and O–H groups in total. The summed E-state index contributed by atoms with van der Waals surface area (Å²) in [6.45, 7) is 1.45. The van der Waals surface area contributed by atoms with E-state index in [4.69, 9.17) is 16.3 Å². The minimum absolute atomic E-state index is 0.137. The summed E-state index contributed by atoms with van der Waals surface area (Å²) in [4.78, 5) is 41.2. The molecule has 27 heavy (non-hydrogen) atoms. The lowest BCUT2D eigenvalue weighted by molar-refractivity contribution is -0.153. The van der Waals surface area contributed by atoms with Crippen molar-refractivity contribution in [1.82, 2.24) is 4.98 Å². The maximum Gasteiger partial charge on any atom is 0.308 e. The first-order chi connectivity index (χ1) is 12.9. The third kappa shape index (κ3) is 4.99. The Balaban J connectivity index is 1.53. The fourth-order valence-corrected chi connectivity index (χ4v) is 3.56. The van der Waals surface area contributed by atoms with Gasteiger partial charge in [-0.15, -0.1) is 11.8 Å². The van der Waals surface area contributed by atoms with Gasteiger partial charge in [0, 0.05) is 11.1 Å². The highest BCUT2D eigenvalue weighted by atomic mass is 35.5. The molecule has 0 radical (unpaired) electrons. The van der Waals surface area contributed by atoms with Crippen molar-refractivity contribution in [3.05, 3.63) is 47.6 Å². The van der Waals surface area contributed by atoms with E-state index in [0.29, 0.717) is 10.8 Å². The number of hydrogen-bond donors (Lipinski definition) is 2. The van der Waals surface area contributed by atoms with Gasteiger partial charge in [0.2, 0.25) is 5.91 Å². The molecule has 0 saturated heterocycles. The number of esters is 1. The van der Waals surface area contributed by atoms with Gasteiger partial charge in [0.1, 0.15) is 5.82 Å². The number of aromatic nitrogens is 1. The Labute approximate surface area is 164 Å². The van der Waals surface area contributed by atoms with Crippen LogP contribution in [0, 0.1) is 0 Å². The zero-order chi connectivity index (χ0) is 19.4. The first kappa shape index (κ1) is 19.2. The number of hydrogen-bond acceptors (Lipinski definition) is 6.